The zero-order valence-electron chi connectivity index (χ0n) is 11.3. The molecule has 3 rings (SSSR count). The summed E-state index contributed by atoms with van der Waals surface area (Å²) in [5.41, 5.74) is 1.82. The number of anilines is 1. The molecule has 110 valence electrons. The van der Waals surface area contributed by atoms with Crippen LogP contribution in [0.1, 0.15) is 5.82 Å². The van der Waals surface area contributed by atoms with E-state index in [4.69, 9.17) is 11.6 Å². The van der Waals surface area contributed by atoms with Crippen LogP contribution in [0.4, 0.5) is 5.69 Å². The lowest BCUT2D eigenvalue weighted by Crippen LogP contribution is -1.99. The van der Waals surface area contributed by atoms with E-state index in [0.717, 1.165) is 15.8 Å². The van der Waals surface area contributed by atoms with E-state index in [9.17, 15) is 0 Å². The van der Waals surface area contributed by atoms with Crippen molar-refractivity contribution in [3.05, 3.63) is 70.1 Å². The molecule has 0 amide bonds. The number of rotatable bonds is 4. The minimum atomic E-state index is 0.629. The van der Waals surface area contributed by atoms with Gasteiger partial charge in [0.1, 0.15) is 0 Å². The predicted molar refractivity (Wildman–Crippen MR) is 91.0 cm³/mol. The highest BCUT2D eigenvalue weighted by Gasteiger charge is 2.04. The Hall–Kier alpha value is -2.18. The normalized spacial score (nSPS) is 11.0. The van der Waals surface area contributed by atoms with E-state index in [1.165, 1.54) is 0 Å². The number of hydrogen-bond donors (Lipinski definition) is 1. The Balaban J connectivity index is 1.76. The molecule has 0 radical (unpaired) electrons. The molecule has 0 fully saturated rings. The Bertz CT molecular complexity index is 780. The molecule has 1 N–H and O–H groups in total. The highest BCUT2D eigenvalue weighted by atomic mass is 79.9. The van der Waals surface area contributed by atoms with Crippen LogP contribution in [0.3, 0.4) is 0 Å². The smallest absolute Gasteiger partial charge is 0.181 e. The number of benzene rings is 2. The second-order valence-electron chi connectivity index (χ2n) is 4.41. The van der Waals surface area contributed by atoms with Crippen LogP contribution in [-0.4, -0.2) is 20.2 Å². The van der Waals surface area contributed by atoms with E-state index >= 15 is 0 Å². The third kappa shape index (κ3) is 3.52. The lowest BCUT2D eigenvalue weighted by Gasteiger charge is -2.02. The SMILES string of the molecule is Clc1ccc(N/C=C/c2nnnn2-c2ccc(Br)cc2)cc1. The van der Waals surface area contributed by atoms with Crippen molar-refractivity contribution < 1.29 is 0 Å². The summed E-state index contributed by atoms with van der Waals surface area (Å²) >= 11 is 9.25. The Morgan fingerprint density at radius 2 is 1.77 bits per heavy atom. The van der Waals surface area contributed by atoms with Crippen molar-refractivity contribution in [3.63, 3.8) is 0 Å². The molecule has 1 aromatic heterocycles. The van der Waals surface area contributed by atoms with E-state index in [-0.39, 0.29) is 0 Å². The van der Waals surface area contributed by atoms with Gasteiger partial charge in [-0.15, -0.1) is 5.10 Å². The minimum Gasteiger partial charge on any atom is -0.362 e. The van der Waals surface area contributed by atoms with Crippen molar-refractivity contribution in [2.45, 2.75) is 0 Å². The van der Waals surface area contributed by atoms with Crippen LogP contribution in [0.5, 0.6) is 0 Å². The molecule has 3 aromatic rings. The number of nitrogens with one attached hydrogen (secondary N) is 1. The Labute approximate surface area is 140 Å². The molecule has 22 heavy (non-hydrogen) atoms. The highest BCUT2D eigenvalue weighted by Crippen LogP contribution is 2.15. The van der Waals surface area contributed by atoms with Gasteiger partial charge in [0.25, 0.3) is 0 Å². The van der Waals surface area contributed by atoms with Gasteiger partial charge in [-0.25, -0.2) is 0 Å². The second-order valence-corrected chi connectivity index (χ2v) is 5.76. The van der Waals surface area contributed by atoms with Crippen molar-refractivity contribution in [2.24, 2.45) is 0 Å². The summed E-state index contributed by atoms with van der Waals surface area (Å²) in [6.45, 7) is 0. The first kappa shape index (κ1) is 14.7. The lowest BCUT2D eigenvalue weighted by atomic mass is 10.3. The van der Waals surface area contributed by atoms with Gasteiger partial charge in [0.15, 0.2) is 5.82 Å². The summed E-state index contributed by atoms with van der Waals surface area (Å²) in [4.78, 5) is 0. The van der Waals surface area contributed by atoms with Gasteiger partial charge in [0.2, 0.25) is 0 Å². The molecule has 0 saturated carbocycles. The van der Waals surface area contributed by atoms with Crippen LogP contribution < -0.4 is 5.32 Å². The molecule has 1 heterocycles. The van der Waals surface area contributed by atoms with Crippen LogP contribution in [0.25, 0.3) is 11.8 Å². The molecule has 0 aliphatic carbocycles. The monoisotopic (exact) mass is 375 g/mol. The highest BCUT2D eigenvalue weighted by molar-refractivity contribution is 9.10. The van der Waals surface area contributed by atoms with Gasteiger partial charge in [-0.1, -0.05) is 27.5 Å². The molecule has 0 aliphatic heterocycles. The second kappa shape index (κ2) is 6.72. The zero-order chi connectivity index (χ0) is 15.4. The Morgan fingerprint density at radius 3 is 2.50 bits per heavy atom. The fourth-order valence-electron chi connectivity index (χ4n) is 1.82. The van der Waals surface area contributed by atoms with Gasteiger partial charge in [0.05, 0.1) is 5.69 Å². The van der Waals surface area contributed by atoms with Crippen LogP contribution in [-0.2, 0) is 0 Å². The maximum atomic E-state index is 5.85. The van der Waals surface area contributed by atoms with Gasteiger partial charge >= 0.3 is 0 Å². The van der Waals surface area contributed by atoms with Crippen LogP contribution in [0.15, 0.2) is 59.2 Å². The summed E-state index contributed by atoms with van der Waals surface area (Å²) < 4.78 is 2.66. The van der Waals surface area contributed by atoms with Gasteiger partial charge in [0, 0.05) is 27.5 Å². The fourth-order valence-corrected chi connectivity index (χ4v) is 2.21. The third-order valence-corrected chi connectivity index (χ3v) is 3.67. The molecule has 5 nitrogen and oxygen atoms in total. The molecule has 7 heteroatoms. The van der Waals surface area contributed by atoms with Crippen LogP contribution >= 0.6 is 27.5 Å². The molecule has 0 spiro atoms. The number of tetrazole rings is 1. The fraction of sp³-hybridized carbons (Fsp3) is 0. The van der Waals surface area contributed by atoms with E-state index in [1.54, 1.807) is 17.0 Å². The summed E-state index contributed by atoms with van der Waals surface area (Å²) in [7, 11) is 0. The number of hydrogen-bond acceptors (Lipinski definition) is 4. The lowest BCUT2D eigenvalue weighted by molar-refractivity contribution is 0.786. The van der Waals surface area contributed by atoms with E-state index in [2.05, 4.69) is 36.8 Å². The van der Waals surface area contributed by atoms with Crippen molar-refractivity contribution in [1.29, 1.82) is 0 Å². The summed E-state index contributed by atoms with van der Waals surface area (Å²) in [5.74, 6) is 0.629. The van der Waals surface area contributed by atoms with Crippen molar-refractivity contribution in [2.75, 3.05) is 5.32 Å². The quantitative estimate of drug-likeness (QED) is 0.743. The molecule has 0 saturated heterocycles. The molecular weight excluding hydrogens is 366 g/mol. The first-order chi connectivity index (χ1) is 10.7. The third-order valence-electron chi connectivity index (χ3n) is 2.89. The maximum absolute atomic E-state index is 5.85. The zero-order valence-corrected chi connectivity index (χ0v) is 13.7. The molecule has 0 unspecified atom stereocenters. The average molecular weight is 377 g/mol. The predicted octanol–water partition coefficient (Wildman–Crippen LogP) is 4.16. The molecule has 0 bridgehead atoms. The Kier molecular flexibility index (Phi) is 4.50. The summed E-state index contributed by atoms with van der Waals surface area (Å²) in [6, 6.07) is 15.2. The largest absolute Gasteiger partial charge is 0.362 e. The summed E-state index contributed by atoms with van der Waals surface area (Å²) in [6.07, 6.45) is 3.58. The molecular formula is C15H11BrClN5. The molecule has 0 aliphatic rings. The average Bonchev–Trinajstić information content (AvgIpc) is 2.98. The van der Waals surface area contributed by atoms with Gasteiger partial charge < -0.3 is 5.32 Å². The number of nitrogens with zero attached hydrogens (tertiary/aromatic N) is 4. The van der Waals surface area contributed by atoms with Gasteiger partial charge in [-0.3, -0.25) is 0 Å². The van der Waals surface area contributed by atoms with Gasteiger partial charge in [-0.2, -0.15) is 4.68 Å². The van der Waals surface area contributed by atoms with Gasteiger partial charge in [-0.05, 0) is 59.0 Å². The standard InChI is InChI=1S/C15H11BrClN5/c16-11-1-7-14(8-2-11)22-15(19-20-21-22)9-10-18-13-5-3-12(17)4-6-13/h1-10,18H/b10-9+. The topological polar surface area (TPSA) is 55.6 Å². The molecule has 2 aromatic carbocycles. The summed E-state index contributed by atoms with van der Waals surface area (Å²) in [5, 5.41) is 15.6. The first-order valence-corrected chi connectivity index (χ1v) is 7.62. The molecule has 0 atom stereocenters. The maximum Gasteiger partial charge on any atom is 0.181 e. The number of halogens is 2. The number of aromatic nitrogens is 4. The first-order valence-electron chi connectivity index (χ1n) is 6.45. The van der Waals surface area contributed by atoms with Crippen LogP contribution in [0, 0.1) is 0 Å². The van der Waals surface area contributed by atoms with E-state index < -0.39 is 0 Å². The van der Waals surface area contributed by atoms with Crippen molar-refractivity contribution in [1.82, 2.24) is 20.2 Å². The van der Waals surface area contributed by atoms with Crippen LogP contribution in [0.2, 0.25) is 5.02 Å². The van der Waals surface area contributed by atoms with Crippen molar-refractivity contribution >= 4 is 39.3 Å². The Morgan fingerprint density at radius 1 is 1.05 bits per heavy atom. The van der Waals surface area contributed by atoms with E-state index in [0.29, 0.717) is 10.8 Å². The minimum absolute atomic E-state index is 0.629. The van der Waals surface area contributed by atoms with E-state index in [1.807, 2.05) is 48.5 Å². The van der Waals surface area contributed by atoms with Crippen molar-refractivity contribution in [3.8, 4) is 5.69 Å².